The van der Waals surface area contributed by atoms with E-state index in [-0.39, 0.29) is 10.9 Å². The first-order chi connectivity index (χ1) is 15.5. The fourth-order valence-corrected chi connectivity index (χ4v) is 6.52. The molecule has 2 bridgehead atoms. The highest BCUT2D eigenvalue weighted by atomic mass is 79.9. The van der Waals surface area contributed by atoms with Gasteiger partial charge in [-0.3, -0.25) is 14.1 Å². The third kappa shape index (κ3) is 4.03. The SMILES string of the molecule is C=C[C@H]1CN2CC[C@@H]1C[C@@H]2[C@H](OS(=O)(=O)c1ccc(Br)cc1)c1ccnc2ccccc12. The summed E-state index contributed by atoms with van der Waals surface area (Å²) < 4.78 is 33.6. The molecule has 7 heteroatoms. The van der Waals surface area contributed by atoms with E-state index in [1.807, 2.05) is 36.4 Å². The summed E-state index contributed by atoms with van der Waals surface area (Å²) in [6, 6.07) is 16.3. The van der Waals surface area contributed by atoms with Gasteiger partial charge >= 0.3 is 0 Å². The van der Waals surface area contributed by atoms with Crippen LogP contribution in [0.3, 0.4) is 0 Å². The zero-order valence-electron chi connectivity index (χ0n) is 17.6. The lowest BCUT2D eigenvalue weighted by Gasteiger charge is -2.51. The molecule has 1 unspecified atom stereocenters. The molecule has 3 aliphatic heterocycles. The van der Waals surface area contributed by atoms with Crippen LogP contribution in [0.2, 0.25) is 0 Å². The molecule has 4 heterocycles. The highest BCUT2D eigenvalue weighted by molar-refractivity contribution is 9.10. The topological polar surface area (TPSA) is 59.5 Å². The number of hydrogen-bond donors (Lipinski definition) is 0. The largest absolute Gasteiger partial charge is 0.297 e. The molecule has 0 spiro atoms. The normalized spacial score (nSPS) is 26.2. The molecule has 3 aromatic rings. The van der Waals surface area contributed by atoms with Crippen LogP contribution in [-0.2, 0) is 14.3 Å². The van der Waals surface area contributed by atoms with Crippen LogP contribution in [0.4, 0.5) is 0 Å². The summed E-state index contributed by atoms with van der Waals surface area (Å²) in [4.78, 5) is 7.00. The molecule has 2 aromatic carbocycles. The number of aromatic nitrogens is 1. The number of pyridine rings is 1. The highest BCUT2D eigenvalue weighted by Crippen LogP contribution is 2.44. The Morgan fingerprint density at radius 1 is 1.16 bits per heavy atom. The number of benzene rings is 2. The van der Waals surface area contributed by atoms with Crippen LogP contribution in [-0.4, -0.2) is 37.4 Å². The fourth-order valence-electron chi connectivity index (χ4n) is 5.17. The minimum Gasteiger partial charge on any atom is -0.297 e. The molecule has 0 aliphatic carbocycles. The number of halogens is 1. The zero-order chi connectivity index (χ0) is 22.3. The van der Waals surface area contributed by atoms with E-state index in [4.69, 9.17) is 4.18 Å². The molecular formula is C25H25BrN2O3S. The third-order valence-corrected chi connectivity index (χ3v) is 8.66. The van der Waals surface area contributed by atoms with Gasteiger partial charge in [0.2, 0.25) is 0 Å². The molecule has 5 nitrogen and oxygen atoms in total. The molecule has 0 amide bonds. The van der Waals surface area contributed by atoms with E-state index in [1.54, 1.807) is 30.5 Å². The summed E-state index contributed by atoms with van der Waals surface area (Å²) in [5.74, 6) is 0.940. The Kier molecular flexibility index (Phi) is 5.92. The van der Waals surface area contributed by atoms with E-state index in [0.717, 1.165) is 46.9 Å². The number of fused-ring (bicyclic) bond motifs is 4. The van der Waals surface area contributed by atoms with E-state index in [9.17, 15) is 8.42 Å². The lowest BCUT2D eigenvalue weighted by atomic mass is 9.73. The first-order valence-corrected chi connectivity index (χ1v) is 13.1. The minimum atomic E-state index is -3.97. The van der Waals surface area contributed by atoms with Crippen molar-refractivity contribution in [2.45, 2.75) is 29.9 Å². The van der Waals surface area contributed by atoms with Crippen LogP contribution in [0.1, 0.15) is 24.5 Å². The molecule has 3 aliphatic rings. The lowest BCUT2D eigenvalue weighted by molar-refractivity contribution is -0.0338. The summed E-state index contributed by atoms with van der Waals surface area (Å²) in [6.45, 7) is 5.85. The van der Waals surface area contributed by atoms with Crippen molar-refractivity contribution in [2.24, 2.45) is 11.8 Å². The van der Waals surface area contributed by atoms with E-state index < -0.39 is 16.2 Å². The summed E-state index contributed by atoms with van der Waals surface area (Å²) in [5.41, 5.74) is 1.70. The Morgan fingerprint density at radius 2 is 1.94 bits per heavy atom. The van der Waals surface area contributed by atoms with Gasteiger partial charge in [0.25, 0.3) is 10.1 Å². The average molecular weight is 513 g/mol. The number of rotatable bonds is 6. The molecule has 3 saturated heterocycles. The standard InChI is InChI=1S/C25H25BrN2O3S/c1-2-17-16-28-14-12-18(17)15-24(28)25(22-11-13-27-23-6-4-3-5-21(22)23)31-32(29,30)20-9-7-19(26)8-10-20/h2-11,13,17-18,24-25H,1,12,14-16H2/t17-,18+,24+,25+/m0/s1. The second-order valence-corrected chi connectivity index (χ2v) is 11.1. The Balaban J connectivity index is 1.58. The maximum absolute atomic E-state index is 13.3. The third-order valence-electron chi connectivity index (χ3n) is 6.83. The molecule has 32 heavy (non-hydrogen) atoms. The highest BCUT2D eigenvalue weighted by Gasteiger charge is 2.44. The van der Waals surface area contributed by atoms with Gasteiger partial charge in [0.1, 0.15) is 6.10 Å². The summed E-state index contributed by atoms with van der Waals surface area (Å²) in [5, 5.41) is 0.925. The monoisotopic (exact) mass is 512 g/mol. The molecule has 166 valence electrons. The van der Waals surface area contributed by atoms with Gasteiger partial charge in [-0.1, -0.05) is 40.2 Å². The van der Waals surface area contributed by atoms with Crippen molar-refractivity contribution in [3.63, 3.8) is 0 Å². The fraction of sp³-hybridized carbons (Fsp3) is 0.320. The Labute approximate surface area is 197 Å². The second kappa shape index (κ2) is 8.71. The van der Waals surface area contributed by atoms with Gasteiger partial charge in [-0.2, -0.15) is 8.42 Å². The van der Waals surface area contributed by atoms with Gasteiger partial charge in [0.05, 0.1) is 10.4 Å². The molecule has 0 radical (unpaired) electrons. The van der Waals surface area contributed by atoms with Gasteiger partial charge < -0.3 is 0 Å². The lowest BCUT2D eigenvalue weighted by Crippen LogP contribution is -2.55. The zero-order valence-corrected chi connectivity index (χ0v) is 20.0. The first kappa shape index (κ1) is 21.8. The van der Waals surface area contributed by atoms with Gasteiger partial charge in [-0.25, -0.2) is 0 Å². The van der Waals surface area contributed by atoms with Crippen molar-refractivity contribution < 1.29 is 12.6 Å². The van der Waals surface area contributed by atoms with Crippen LogP contribution in [0.25, 0.3) is 10.9 Å². The van der Waals surface area contributed by atoms with Gasteiger partial charge in [-0.15, -0.1) is 6.58 Å². The van der Waals surface area contributed by atoms with Gasteiger partial charge in [0.15, 0.2) is 0 Å². The predicted molar refractivity (Wildman–Crippen MR) is 129 cm³/mol. The van der Waals surface area contributed by atoms with Crippen molar-refractivity contribution in [1.82, 2.24) is 9.88 Å². The van der Waals surface area contributed by atoms with Crippen LogP contribution in [0.15, 0.2) is 82.8 Å². The van der Waals surface area contributed by atoms with Crippen molar-refractivity contribution in [1.29, 1.82) is 0 Å². The molecule has 1 aromatic heterocycles. The number of para-hydroxylation sites is 1. The predicted octanol–water partition coefficient (Wildman–Crippen LogP) is 5.34. The summed E-state index contributed by atoms with van der Waals surface area (Å²) >= 11 is 3.37. The molecular weight excluding hydrogens is 488 g/mol. The van der Waals surface area contributed by atoms with E-state index in [2.05, 4.69) is 32.4 Å². The maximum Gasteiger partial charge on any atom is 0.297 e. The maximum atomic E-state index is 13.3. The van der Waals surface area contributed by atoms with E-state index >= 15 is 0 Å². The number of piperidine rings is 3. The van der Waals surface area contributed by atoms with E-state index in [0.29, 0.717) is 11.8 Å². The smallest absolute Gasteiger partial charge is 0.297 e. The van der Waals surface area contributed by atoms with Crippen molar-refractivity contribution in [3.05, 3.63) is 83.5 Å². The first-order valence-electron chi connectivity index (χ1n) is 10.9. The Morgan fingerprint density at radius 3 is 2.66 bits per heavy atom. The molecule has 3 fully saturated rings. The quantitative estimate of drug-likeness (QED) is 0.329. The Bertz CT molecular complexity index is 1240. The summed E-state index contributed by atoms with van der Waals surface area (Å²) in [7, 11) is -3.97. The summed E-state index contributed by atoms with van der Waals surface area (Å²) in [6.07, 6.45) is 5.15. The number of nitrogens with zero attached hydrogens (tertiary/aromatic N) is 2. The van der Waals surface area contributed by atoms with Gasteiger partial charge in [0, 0.05) is 28.6 Å². The van der Waals surface area contributed by atoms with E-state index in [1.165, 1.54) is 0 Å². The molecule has 6 rings (SSSR count). The molecule has 0 saturated carbocycles. The van der Waals surface area contributed by atoms with Crippen LogP contribution >= 0.6 is 15.9 Å². The second-order valence-electron chi connectivity index (χ2n) is 8.59. The Hall–Kier alpha value is -2.06. The van der Waals surface area contributed by atoms with Crippen molar-refractivity contribution >= 4 is 37.0 Å². The van der Waals surface area contributed by atoms with Gasteiger partial charge in [-0.05, 0) is 73.2 Å². The van der Waals surface area contributed by atoms with Crippen LogP contribution in [0.5, 0.6) is 0 Å². The molecule has 5 atom stereocenters. The average Bonchev–Trinajstić information content (AvgIpc) is 2.82. The molecule has 0 N–H and O–H groups in total. The van der Waals surface area contributed by atoms with Crippen molar-refractivity contribution in [3.8, 4) is 0 Å². The number of hydrogen-bond acceptors (Lipinski definition) is 5. The van der Waals surface area contributed by atoms with Crippen LogP contribution in [0, 0.1) is 11.8 Å². The van der Waals surface area contributed by atoms with Crippen molar-refractivity contribution in [2.75, 3.05) is 13.1 Å². The minimum absolute atomic E-state index is 0.0269. The van der Waals surface area contributed by atoms with Crippen LogP contribution < -0.4 is 0 Å².